The van der Waals surface area contributed by atoms with Crippen molar-refractivity contribution in [3.8, 4) is 0 Å². The van der Waals surface area contributed by atoms with E-state index in [0.717, 1.165) is 18.7 Å². The maximum absolute atomic E-state index is 11.0. The highest BCUT2D eigenvalue weighted by atomic mass is 16.6. The molecule has 0 aliphatic carbocycles. The van der Waals surface area contributed by atoms with Crippen molar-refractivity contribution in [3.63, 3.8) is 0 Å². The molecule has 1 aliphatic heterocycles. The van der Waals surface area contributed by atoms with Gasteiger partial charge < -0.3 is 4.90 Å². The van der Waals surface area contributed by atoms with E-state index in [0.29, 0.717) is 18.2 Å². The van der Waals surface area contributed by atoms with E-state index in [1.807, 2.05) is 0 Å². The maximum Gasteiger partial charge on any atom is 0.280 e. The van der Waals surface area contributed by atoms with E-state index in [2.05, 4.69) is 18.7 Å². The van der Waals surface area contributed by atoms with Gasteiger partial charge in [-0.2, -0.15) is 0 Å². The summed E-state index contributed by atoms with van der Waals surface area (Å²) >= 11 is 0. The Morgan fingerprint density at radius 2 is 2.16 bits per heavy atom. The summed E-state index contributed by atoms with van der Waals surface area (Å²) in [6.07, 6.45) is 2.86. The third-order valence-electron chi connectivity index (χ3n) is 4.04. The Balaban J connectivity index is 2.35. The lowest BCUT2D eigenvalue weighted by molar-refractivity contribution is -0.385. The molecule has 1 aromatic rings. The van der Waals surface area contributed by atoms with Crippen LogP contribution < -0.4 is 4.90 Å². The highest BCUT2D eigenvalue weighted by molar-refractivity contribution is 5.83. The van der Waals surface area contributed by atoms with Crippen LogP contribution in [-0.4, -0.2) is 23.8 Å². The third kappa shape index (κ3) is 2.59. The van der Waals surface area contributed by atoms with Crippen LogP contribution in [0.3, 0.4) is 0 Å². The zero-order valence-corrected chi connectivity index (χ0v) is 11.2. The number of carbonyl (C=O) groups is 1. The fourth-order valence-electron chi connectivity index (χ4n) is 2.68. The van der Waals surface area contributed by atoms with E-state index in [1.54, 1.807) is 12.1 Å². The Morgan fingerprint density at radius 3 is 2.79 bits per heavy atom. The number of anilines is 1. The van der Waals surface area contributed by atoms with Gasteiger partial charge in [0, 0.05) is 24.3 Å². The largest absolute Gasteiger partial charge is 0.369 e. The molecule has 2 atom stereocenters. The first-order chi connectivity index (χ1) is 9.04. The molecule has 19 heavy (non-hydrogen) atoms. The second-order valence-electron chi connectivity index (χ2n) is 5.17. The predicted molar refractivity (Wildman–Crippen MR) is 73.7 cm³/mol. The van der Waals surface area contributed by atoms with Crippen LogP contribution in [0.1, 0.15) is 37.0 Å². The van der Waals surface area contributed by atoms with Crippen molar-refractivity contribution < 1.29 is 9.72 Å². The molecule has 0 amide bonds. The van der Waals surface area contributed by atoms with Crippen LogP contribution in [-0.2, 0) is 0 Å². The monoisotopic (exact) mass is 262 g/mol. The van der Waals surface area contributed by atoms with E-state index >= 15 is 0 Å². The molecule has 0 spiro atoms. The topological polar surface area (TPSA) is 63.4 Å². The standard InChI is InChI=1S/C14H18N2O3/c1-10-4-3-7-15(11(10)2)13-5-6-14(16(18)19)12(8-13)9-17/h5-6,8-11H,3-4,7H2,1-2H3. The number of hydrogen-bond acceptors (Lipinski definition) is 4. The van der Waals surface area contributed by atoms with Crippen molar-refractivity contribution in [3.05, 3.63) is 33.9 Å². The summed E-state index contributed by atoms with van der Waals surface area (Å²) in [5.74, 6) is 0.587. The summed E-state index contributed by atoms with van der Waals surface area (Å²) in [6, 6.07) is 5.17. The van der Waals surface area contributed by atoms with Crippen LogP contribution in [0.25, 0.3) is 0 Å². The molecule has 2 unspecified atom stereocenters. The Kier molecular flexibility index (Phi) is 3.83. The first-order valence-corrected chi connectivity index (χ1v) is 6.55. The minimum atomic E-state index is -0.518. The van der Waals surface area contributed by atoms with Crippen LogP contribution in [0.2, 0.25) is 0 Å². The number of nitro benzene ring substituents is 1. The van der Waals surface area contributed by atoms with Gasteiger partial charge in [0.2, 0.25) is 0 Å². The Labute approximate surface area is 112 Å². The zero-order chi connectivity index (χ0) is 14.0. The van der Waals surface area contributed by atoms with Gasteiger partial charge in [0.15, 0.2) is 6.29 Å². The van der Waals surface area contributed by atoms with Gasteiger partial charge in [0.1, 0.15) is 0 Å². The smallest absolute Gasteiger partial charge is 0.280 e. The van der Waals surface area contributed by atoms with Crippen LogP contribution >= 0.6 is 0 Å². The number of carbonyl (C=O) groups excluding carboxylic acids is 1. The van der Waals surface area contributed by atoms with Gasteiger partial charge in [-0.3, -0.25) is 14.9 Å². The van der Waals surface area contributed by atoms with E-state index in [1.165, 1.54) is 12.5 Å². The second kappa shape index (κ2) is 5.38. The normalized spacial score (nSPS) is 23.2. The van der Waals surface area contributed by atoms with Gasteiger partial charge in [-0.05, 0) is 37.8 Å². The van der Waals surface area contributed by atoms with Crippen molar-refractivity contribution in [1.29, 1.82) is 0 Å². The van der Waals surface area contributed by atoms with Crippen LogP contribution in [0.4, 0.5) is 11.4 Å². The molecule has 1 aromatic carbocycles. The second-order valence-corrected chi connectivity index (χ2v) is 5.17. The fourth-order valence-corrected chi connectivity index (χ4v) is 2.68. The molecule has 5 heteroatoms. The van der Waals surface area contributed by atoms with Crippen LogP contribution in [0.5, 0.6) is 0 Å². The lowest BCUT2D eigenvalue weighted by atomic mass is 9.91. The first-order valence-electron chi connectivity index (χ1n) is 6.55. The van der Waals surface area contributed by atoms with Crippen molar-refractivity contribution in [2.24, 2.45) is 5.92 Å². The molecule has 0 N–H and O–H groups in total. The molecule has 102 valence electrons. The molecule has 5 nitrogen and oxygen atoms in total. The third-order valence-corrected chi connectivity index (χ3v) is 4.04. The molecular weight excluding hydrogens is 244 g/mol. The summed E-state index contributed by atoms with van der Waals surface area (Å²) in [4.78, 5) is 23.5. The first kappa shape index (κ1) is 13.5. The van der Waals surface area contributed by atoms with Gasteiger partial charge in [-0.15, -0.1) is 0 Å². The molecule has 0 radical (unpaired) electrons. The summed E-state index contributed by atoms with van der Waals surface area (Å²) in [5.41, 5.74) is 0.913. The summed E-state index contributed by atoms with van der Waals surface area (Å²) in [6.45, 7) is 5.30. The van der Waals surface area contributed by atoms with Crippen molar-refractivity contribution >= 4 is 17.7 Å². The Bertz CT molecular complexity index is 501. The van der Waals surface area contributed by atoms with E-state index in [-0.39, 0.29) is 11.3 Å². The summed E-state index contributed by atoms with van der Waals surface area (Å²) < 4.78 is 0. The minimum absolute atomic E-state index is 0.128. The average molecular weight is 262 g/mol. The Hall–Kier alpha value is -1.91. The SMILES string of the molecule is CC1CCCN(c2ccc([N+](=O)[O-])c(C=O)c2)C1C. The molecular formula is C14H18N2O3. The number of rotatable bonds is 3. The van der Waals surface area contributed by atoms with Crippen molar-refractivity contribution in [2.75, 3.05) is 11.4 Å². The van der Waals surface area contributed by atoms with Crippen LogP contribution in [0.15, 0.2) is 18.2 Å². The van der Waals surface area contributed by atoms with Crippen molar-refractivity contribution in [2.45, 2.75) is 32.7 Å². The van der Waals surface area contributed by atoms with Gasteiger partial charge in [-0.25, -0.2) is 0 Å². The number of hydrogen-bond donors (Lipinski definition) is 0. The number of benzene rings is 1. The number of piperidine rings is 1. The molecule has 0 saturated carbocycles. The molecule has 1 aliphatic rings. The van der Waals surface area contributed by atoms with Crippen LogP contribution in [0, 0.1) is 16.0 Å². The number of nitro groups is 1. The van der Waals surface area contributed by atoms with E-state index in [9.17, 15) is 14.9 Å². The zero-order valence-electron chi connectivity index (χ0n) is 11.2. The van der Waals surface area contributed by atoms with Crippen molar-refractivity contribution in [1.82, 2.24) is 0 Å². The molecule has 1 heterocycles. The van der Waals surface area contributed by atoms with Gasteiger partial charge in [0.05, 0.1) is 10.5 Å². The van der Waals surface area contributed by atoms with Gasteiger partial charge in [0.25, 0.3) is 5.69 Å². The summed E-state index contributed by atoms with van der Waals surface area (Å²) in [7, 11) is 0. The highest BCUT2D eigenvalue weighted by Gasteiger charge is 2.26. The predicted octanol–water partition coefficient (Wildman–Crippen LogP) is 3.03. The van der Waals surface area contributed by atoms with E-state index in [4.69, 9.17) is 0 Å². The van der Waals surface area contributed by atoms with E-state index < -0.39 is 4.92 Å². The molecule has 0 aromatic heterocycles. The van der Waals surface area contributed by atoms with Gasteiger partial charge >= 0.3 is 0 Å². The van der Waals surface area contributed by atoms with Gasteiger partial charge in [-0.1, -0.05) is 6.92 Å². The average Bonchev–Trinajstić information content (AvgIpc) is 2.41. The Morgan fingerprint density at radius 1 is 1.42 bits per heavy atom. The molecule has 1 fully saturated rings. The fraction of sp³-hybridized carbons (Fsp3) is 0.500. The lowest BCUT2D eigenvalue weighted by Gasteiger charge is -2.39. The number of aldehydes is 1. The lowest BCUT2D eigenvalue weighted by Crippen LogP contribution is -2.42. The number of nitrogens with zero attached hydrogens (tertiary/aromatic N) is 2. The molecule has 0 bridgehead atoms. The molecule has 1 saturated heterocycles. The molecule has 2 rings (SSSR count). The highest BCUT2D eigenvalue weighted by Crippen LogP contribution is 2.31. The quantitative estimate of drug-likeness (QED) is 0.477. The summed E-state index contributed by atoms with van der Waals surface area (Å²) in [5, 5.41) is 10.8. The maximum atomic E-state index is 11.0. The minimum Gasteiger partial charge on any atom is -0.369 e.